The molecule has 0 bridgehead atoms. The number of carboxylic acid groups (broad SMARTS) is 1. The Morgan fingerprint density at radius 3 is 2.12 bits per heavy atom. The Hall–Kier alpha value is -2.01. The summed E-state index contributed by atoms with van der Waals surface area (Å²) in [6, 6.07) is 7.68. The minimum atomic E-state index is -0.877. The number of anilines is 1. The number of hydrogen-bond acceptors (Lipinski definition) is 3. The molecule has 1 saturated heterocycles. The Balaban J connectivity index is 1.61. The van der Waals surface area contributed by atoms with Crippen LogP contribution in [-0.4, -0.2) is 48.1 Å². The fourth-order valence-electron chi connectivity index (χ4n) is 3.43. The first-order chi connectivity index (χ1) is 11.6. The Morgan fingerprint density at radius 1 is 0.958 bits per heavy atom. The van der Waals surface area contributed by atoms with E-state index in [1.54, 1.807) is 0 Å². The van der Waals surface area contributed by atoms with Gasteiger partial charge < -0.3 is 14.9 Å². The van der Waals surface area contributed by atoms with Gasteiger partial charge in [0.05, 0.1) is 11.8 Å². The second-order valence-corrected chi connectivity index (χ2v) is 6.72. The number of piperazine rings is 1. The Bertz CT molecular complexity index is 636. The quantitative estimate of drug-likeness (QED) is 0.853. The van der Waals surface area contributed by atoms with Gasteiger partial charge in [-0.05, 0) is 37.1 Å². The van der Waals surface area contributed by atoms with Crippen molar-refractivity contribution < 1.29 is 14.7 Å². The van der Waals surface area contributed by atoms with Gasteiger partial charge in [-0.3, -0.25) is 9.59 Å². The number of aliphatic carboxylic acids is 1. The van der Waals surface area contributed by atoms with E-state index in [0.29, 0.717) is 31.0 Å². The summed E-state index contributed by atoms with van der Waals surface area (Å²) >= 11 is 5.92. The second-order valence-electron chi connectivity index (χ2n) is 6.28. The lowest BCUT2D eigenvalue weighted by Gasteiger charge is -2.38. The molecular weight excluding hydrogens is 328 g/mol. The molecule has 1 aromatic rings. The first kappa shape index (κ1) is 16.8. The molecule has 1 aliphatic carbocycles. The molecular formula is C18H21ClN2O3. The van der Waals surface area contributed by atoms with Gasteiger partial charge in [-0.1, -0.05) is 23.8 Å². The maximum atomic E-state index is 12.7. The van der Waals surface area contributed by atoms with Gasteiger partial charge in [0.15, 0.2) is 0 Å². The van der Waals surface area contributed by atoms with Crippen LogP contribution in [-0.2, 0) is 9.59 Å². The van der Waals surface area contributed by atoms with E-state index in [0.717, 1.165) is 18.8 Å². The lowest BCUT2D eigenvalue weighted by Crippen LogP contribution is -2.52. The number of halogens is 1. The normalized spacial score (nSPS) is 24.0. The number of hydrogen-bond donors (Lipinski definition) is 1. The van der Waals surface area contributed by atoms with Gasteiger partial charge in [0.1, 0.15) is 0 Å². The summed E-state index contributed by atoms with van der Waals surface area (Å²) in [4.78, 5) is 28.2. The van der Waals surface area contributed by atoms with Crippen molar-refractivity contribution in [2.45, 2.75) is 12.8 Å². The number of carbonyl (C=O) groups is 2. The highest BCUT2D eigenvalue weighted by Crippen LogP contribution is 2.28. The predicted molar refractivity (Wildman–Crippen MR) is 93.2 cm³/mol. The summed E-state index contributed by atoms with van der Waals surface area (Å²) in [5, 5.41) is 10.1. The number of benzene rings is 1. The van der Waals surface area contributed by atoms with Gasteiger partial charge in [0, 0.05) is 36.9 Å². The van der Waals surface area contributed by atoms with Crippen LogP contribution in [0.4, 0.5) is 5.69 Å². The molecule has 1 N–H and O–H groups in total. The van der Waals surface area contributed by atoms with E-state index < -0.39 is 17.8 Å². The van der Waals surface area contributed by atoms with Crippen molar-refractivity contribution in [2.75, 3.05) is 31.1 Å². The van der Waals surface area contributed by atoms with Crippen LogP contribution >= 0.6 is 11.6 Å². The molecule has 0 radical (unpaired) electrons. The molecule has 2 aliphatic rings. The largest absolute Gasteiger partial charge is 0.481 e. The van der Waals surface area contributed by atoms with Crippen molar-refractivity contribution in [1.82, 2.24) is 4.90 Å². The number of rotatable bonds is 3. The Kier molecular flexibility index (Phi) is 5.09. The summed E-state index contributed by atoms with van der Waals surface area (Å²) in [5.74, 6) is -1.94. The van der Waals surface area contributed by atoms with Crippen LogP contribution in [0, 0.1) is 11.8 Å². The maximum absolute atomic E-state index is 12.7. The van der Waals surface area contributed by atoms with Crippen molar-refractivity contribution in [3.8, 4) is 0 Å². The SMILES string of the molecule is O=C(O)[C@H]1CC=CC[C@H]1C(=O)N1CCN(c2ccc(Cl)cc2)CC1. The third kappa shape index (κ3) is 3.56. The Labute approximate surface area is 146 Å². The van der Waals surface area contributed by atoms with Gasteiger partial charge in [-0.15, -0.1) is 0 Å². The zero-order valence-corrected chi connectivity index (χ0v) is 14.2. The number of amides is 1. The predicted octanol–water partition coefficient (Wildman–Crippen LogP) is 2.66. The monoisotopic (exact) mass is 348 g/mol. The molecule has 0 aromatic heterocycles. The van der Waals surface area contributed by atoms with Crippen molar-refractivity contribution in [2.24, 2.45) is 11.8 Å². The molecule has 3 rings (SSSR count). The molecule has 1 fully saturated rings. The summed E-state index contributed by atoms with van der Waals surface area (Å²) in [6.07, 6.45) is 4.75. The fourth-order valence-corrected chi connectivity index (χ4v) is 3.56. The molecule has 128 valence electrons. The molecule has 24 heavy (non-hydrogen) atoms. The molecule has 2 atom stereocenters. The van der Waals surface area contributed by atoms with Crippen LogP contribution in [0.5, 0.6) is 0 Å². The van der Waals surface area contributed by atoms with Crippen LogP contribution in [0.1, 0.15) is 12.8 Å². The molecule has 5 nitrogen and oxygen atoms in total. The number of carboxylic acids is 1. The average Bonchev–Trinajstić information content (AvgIpc) is 2.62. The standard InChI is InChI=1S/C18H21ClN2O3/c19-13-5-7-14(8-6-13)20-9-11-21(12-10-20)17(22)15-3-1-2-4-16(15)18(23)24/h1-2,5-8,15-16H,3-4,9-12H2,(H,23,24)/t15-,16+/m1/s1. The Morgan fingerprint density at radius 2 is 1.54 bits per heavy atom. The zero-order valence-electron chi connectivity index (χ0n) is 13.4. The van der Waals surface area contributed by atoms with Crippen molar-refractivity contribution in [1.29, 1.82) is 0 Å². The molecule has 0 saturated carbocycles. The van der Waals surface area contributed by atoms with Crippen LogP contribution in [0.25, 0.3) is 0 Å². The summed E-state index contributed by atoms with van der Waals surface area (Å²) in [5.41, 5.74) is 1.09. The number of carbonyl (C=O) groups excluding carboxylic acids is 1. The fraction of sp³-hybridized carbons (Fsp3) is 0.444. The van der Waals surface area contributed by atoms with Crippen molar-refractivity contribution in [3.05, 3.63) is 41.4 Å². The maximum Gasteiger partial charge on any atom is 0.307 e. The smallest absolute Gasteiger partial charge is 0.307 e. The number of allylic oxidation sites excluding steroid dienone is 2. The van der Waals surface area contributed by atoms with Crippen LogP contribution in [0.15, 0.2) is 36.4 Å². The molecule has 1 heterocycles. The van der Waals surface area contributed by atoms with Crippen molar-refractivity contribution in [3.63, 3.8) is 0 Å². The van der Waals surface area contributed by atoms with Gasteiger partial charge in [-0.2, -0.15) is 0 Å². The van der Waals surface area contributed by atoms with E-state index >= 15 is 0 Å². The summed E-state index contributed by atoms with van der Waals surface area (Å²) < 4.78 is 0. The lowest BCUT2D eigenvalue weighted by molar-refractivity contribution is -0.150. The summed E-state index contributed by atoms with van der Waals surface area (Å²) in [7, 11) is 0. The minimum absolute atomic E-state index is 0.0255. The van der Waals surface area contributed by atoms with Crippen molar-refractivity contribution >= 4 is 29.2 Å². The summed E-state index contributed by atoms with van der Waals surface area (Å²) in [6.45, 7) is 2.73. The van der Waals surface area contributed by atoms with Gasteiger partial charge in [0.2, 0.25) is 5.91 Å². The minimum Gasteiger partial charge on any atom is -0.481 e. The molecule has 1 aliphatic heterocycles. The first-order valence-electron chi connectivity index (χ1n) is 8.23. The average molecular weight is 349 g/mol. The van der Waals surface area contributed by atoms with E-state index in [1.165, 1.54) is 0 Å². The van der Waals surface area contributed by atoms with E-state index in [4.69, 9.17) is 11.6 Å². The van der Waals surface area contributed by atoms with E-state index in [-0.39, 0.29) is 5.91 Å². The molecule has 0 unspecified atom stereocenters. The van der Waals surface area contributed by atoms with E-state index in [9.17, 15) is 14.7 Å². The third-order valence-electron chi connectivity index (χ3n) is 4.85. The van der Waals surface area contributed by atoms with E-state index in [1.807, 2.05) is 41.3 Å². The molecule has 6 heteroatoms. The highest BCUT2D eigenvalue weighted by Gasteiger charge is 2.37. The topological polar surface area (TPSA) is 60.9 Å². The zero-order chi connectivity index (χ0) is 17.1. The van der Waals surface area contributed by atoms with Crippen LogP contribution in [0.2, 0.25) is 5.02 Å². The van der Waals surface area contributed by atoms with Gasteiger partial charge >= 0.3 is 5.97 Å². The molecule has 0 spiro atoms. The highest BCUT2D eigenvalue weighted by molar-refractivity contribution is 6.30. The molecule has 1 aromatic carbocycles. The number of nitrogens with zero attached hydrogens (tertiary/aromatic N) is 2. The molecule has 1 amide bonds. The highest BCUT2D eigenvalue weighted by atomic mass is 35.5. The first-order valence-corrected chi connectivity index (χ1v) is 8.61. The van der Waals surface area contributed by atoms with Gasteiger partial charge in [0.25, 0.3) is 0 Å². The lowest BCUT2D eigenvalue weighted by atomic mass is 9.82. The van der Waals surface area contributed by atoms with Crippen LogP contribution in [0.3, 0.4) is 0 Å². The van der Waals surface area contributed by atoms with Gasteiger partial charge in [-0.25, -0.2) is 0 Å². The second kappa shape index (κ2) is 7.26. The van der Waals surface area contributed by atoms with E-state index in [2.05, 4.69) is 4.90 Å². The third-order valence-corrected chi connectivity index (χ3v) is 5.10. The van der Waals surface area contributed by atoms with Crippen LogP contribution < -0.4 is 4.90 Å².